The van der Waals surface area contributed by atoms with Crippen molar-refractivity contribution < 1.29 is 14.1 Å². The average molecular weight is 296 g/mol. The van der Waals surface area contributed by atoms with Crippen LogP contribution in [0.4, 0.5) is 4.79 Å². The number of rotatable bonds is 4. The van der Waals surface area contributed by atoms with Crippen LogP contribution in [0.1, 0.15) is 45.3 Å². The van der Waals surface area contributed by atoms with Gasteiger partial charge in [-0.3, -0.25) is 0 Å². The Morgan fingerprint density at radius 2 is 2.05 bits per heavy atom. The molecule has 0 saturated carbocycles. The second-order valence-electron chi connectivity index (χ2n) is 5.85. The highest BCUT2D eigenvalue weighted by Crippen LogP contribution is 2.11. The fourth-order valence-corrected chi connectivity index (χ4v) is 2.34. The second-order valence-corrected chi connectivity index (χ2v) is 5.85. The number of carbonyl (C=O) groups is 1. The van der Waals surface area contributed by atoms with Crippen molar-refractivity contribution in [3.8, 4) is 0 Å². The third kappa shape index (κ3) is 4.42. The molecule has 2 heterocycles. The van der Waals surface area contributed by atoms with Crippen LogP contribution in [-0.4, -0.2) is 52.9 Å². The first kappa shape index (κ1) is 15.8. The molecule has 2 atom stereocenters. The molecule has 1 aliphatic rings. The van der Waals surface area contributed by atoms with E-state index in [2.05, 4.69) is 15.5 Å². The number of hydrogen-bond donors (Lipinski definition) is 1. The molecule has 0 radical (unpaired) electrons. The molecule has 0 bridgehead atoms. The Bertz CT molecular complexity index is 465. The Labute approximate surface area is 125 Å². The van der Waals surface area contributed by atoms with E-state index in [4.69, 9.17) is 9.26 Å². The van der Waals surface area contributed by atoms with Gasteiger partial charge in [0.2, 0.25) is 5.89 Å². The number of hydrogen-bond acceptors (Lipinski definition) is 5. The molecule has 1 aromatic heterocycles. The SMILES string of the molecule is CC(C)c1noc(CCNC(=O)N2C[C@@H](C)O[C@H](C)C2)n1. The first-order chi connectivity index (χ1) is 9.95. The molecule has 1 saturated heterocycles. The summed E-state index contributed by atoms with van der Waals surface area (Å²) in [5.41, 5.74) is 0. The minimum Gasteiger partial charge on any atom is -0.372 e. The van der Waals surface area contributed by atoms with Gasteiger partial charge in [-0.1, -0.05) is 19.0 Å². The van der Waals surface area contributed by atoms with Crippen molar-refractivity contribution in [3.63, 3.8) is 0 Å². The van der Waals surface area contributed by atoms with E-state index in [0.717, 1.165) is 0 Å². The molecule has 7 nitrogen and oxygen atoms in total. The van der Waals surface area contributed by atoms with Gasteiger partial charge in [0.15, 0.2) is 5.82 Å². The molecule has 1 N–H and O–H groups in total. The number of aromatic nitrogens is 2. The van der Waals surface area contributed by atoms with Gasteiger partial charge in [-0.15, -0.1) is 0 Å². The second kappa shape index (κ2) is 6.89. The van der Waals surface area contributed by atoms with Crippen LogP contribution in [-0.2, 0) is 11.2 Å². The predicted octanol–water partition coefficient (Wildman–Crippen LogP) is 1.55. The number of urea groups is 1. The normalized spacial score (nSPS) is 22.6. The van der Waals surface area contributed by atoms with Crippen molar-refractivity contribution in [3.05, 3.63) is 11.7 Å². The lowest BCUT2D eigenvalue weighted by molar-refractivity contribution is -0.0545. The van der Waals surface area contributed by atoms with Crippen LogP contribution in [0.2, 0.25) is 0 Å². The highest BCUT2D eigenvalue weighted by Gasteiger charge is 2.25. The van der Waals surface area contributed by atoms with Gasteiger partial charge in [0.05, 0.1) is 12.2 Å². The Morgan fingerprint density at radius 3 is 2.62 bits per heavy atom. The zero-order valence-corrected chi connectivity index (χ0v) is 13.1. The summed E-state index contributed by atoms with van der Waals surface area (Å²) in [4.78, 5) is 18.1. The third-order valence-electron chi connectivity index (χ3n) is 3.32. The Morgan fingerprint density at radius 1 is 1.38 bits per heavy atom. The molecule has 0 unspecified atom stereocenters. The average Bonchev–Trinajstić information content (AvgIpc) is 2.86. The zero-order chi connectivity index (χ0) is 15.4. The third-order valence-corrected chi connectivity index (χ3v) is 3.32. The van der Waals surface area contributed by atoms with Crippen molar-refractivity contribution in [2.45, 2.75) is 52.2 Å². The fraction of sp³-hybridized carbons (Fsp3) is 0.786. The number of carbonyl (C=O) groups excluding carboxylic acids is 1. The van der Waals surface area contributed by atoms with Crippen molar-refractivity contribution in [2.75, 3.05) is 19.6 Å². The van der Waals surface area contributed by atoms with Gasteiger partial charge in [0.1, 0.15) is 0 Å². The first-order valence-electron chi connectivity index (χ1n) is 7.46. The molecule has 0 spiro atoms. The van der Waals surface area contributed by atoms with Crippen molar-refractivity contribution >= 4 is 6.03 Å². The Kier molecular flexibility index (Phi) is 5.17. The maximum absolute atomic E-state index is 12.1. The largest absolute Gasteiger partial charge is 0.372 e. The maximum Gasteiger partial charge on any atom is 0.317 e. The van der Waals surface area contributed by atoms with E-state index in [0.29, 0.717) is 37.8 Å². The van der Waals surface area contributed by atoms with Crippen molar-refractivity contribution in [2.24, 2.45) is 0 Å². The summed E-state index contributed by atoms with van der Waals surface area (Å²) in [6, 6.07) is -0.0689. The molecule has 1 aliphatic heterocycles. The van der Waals surface area contributed by atoms with E-state index in [1.54, 1.807) is 4.90 Å². The Balaban J connectivity index is 1.76. The van der Waals surface area contributed by atoms with Crippen LogP contribution >= 0.6 is 0 Å². The van der Waals surface area contributed by atoms with Crippen LogP contribution in [0, 0.1) is 0 Å². The molecule has 118 valence electrons. The van der Waals surface area contributed by atoms with Gasteiger partial charge in [0.25, 0.3) is 0 Å². The monoisotopic (exact) mass is 296 g/mol. The summed E-state index contributed by atoms with van der Waals surface area (Å²) in [6.45, 7) is 9.69. The van der Waals surface area contributed by atoms with Crippen LogP contribution < -0.4 is 5.32 Å². The molecular weight excluding hydrogens is 272 g/mol. The van der Waals surface area contributed by atoms with Gasteiger partial charge in [-0.25, -0.2) is 4.79 Å². The number of amides is 2. The number of ether oxygens (including phenoxy) is 1. The van der Waals surface area contributed by atoms with E-state index in [1.165, 1.54) is 0 Å². The van der Waals surface area contributed by atoms with E-state index in [9.17, 15) is 4.79 Å². The fourth-order valence-electron chi connectivity index (χ4n) is 2.34. The number of morpholine rings is 1. The summed E-state index contributed by atoms with van der Waals surface area (Å²) in [5, 5.41) is 6.78. The van der Waals surface area contributed by atoms with Crippen LogP contribution in [0.3, 0.4) is 0 Å². The molecule has 0 aromatic carbocycles. The van der Waals surface area contributed by atoms with E-state index >= 15 is 0 Å². The minimum atomic E-state index is -0.0689. The molecule has 1 fully saturated rings. The summed E-state index contributed by atoms with van der Waals surface area (Å²) in [7, 11) is 0. The smallest absolute Gasteiger partial charge is 0.317 e. The van der Waals surface area contributed by atoms with E-state index in [1.807, 2.05) is 27.7 Å². The van der Waals surface area contributed by atoms with Gasteiger partial charge >= 0.3 is 6.03 Å². The van der Waals surface area contributed by atoms with Crippen LogP contribution in [0.5, 0.6) is 0 Å². The molecule has 7 heteroatoms. The lowest BCUT2D eigenvalue weighted by Gasteiger charge is -2.35. The van der Waals surface area contributed by atoms with E-state index in [-0.39, 0.29) is 24.2 Å². The molecule has 2 rings (SSSR count). The molecule has 2 amide bonds. The lowest BCUT2D eigenvalue weighted by atomic mass is 10.2. The molecular formula is C14H24N4O3. The van der Waals surface area contributed by atoms with Gasteiger partial charge in [-0.05, 0) is 13.8 Å². The minimum absolute atomic E-state index is 0.0689. The highest BCUT2D eigenvalue weighted by atomic mass is 16.5. The molecule has 1 aromatic rings. The predicted molar refractivity (Wildman–Crippen MR) is 77.1 cm³/mol. The van der Waals surface area contributed by atoms with Gasteiger partial charge in [0, 0.05) is 32.0 Å². The summed E-state index contributed by atoms with van der Waals surface area (Å²) < 4.78 is 10.8. The lowest BCUT2D eigenvalue weighted by Crippen LogP contribution is -2.51. The van der Waals surface area contributed by atoms with Gasteiger partial charge in [-0.2, -0.15) is 4.98 Å². The quantitative estimate of drug-likeness (QED) is 0.912. The van der Waals surface area contributed by atoms with E-state index < -0.39 is 0 Å². The molecule has 21 heavy (non-hydrogen) atoms. The standard InChI is InChI=1S/C14H24N4O3/c1-9(2)13-16-12(21-17-13)5-6-15-14(19)18-7-10(3)20-11(4)8-18/h9-11H,5-8H2,1-4H3,(H,15,19)/t10-,11-/m1/s1. The van der Waals surface area contributed by atoms with Crippen molar-refractivity contribution in [1.29, 1.82) is 0 Å². The highest BCUT2D eigenvalue weighted by molar-refractivity contribution is 5.74. The Hall–Kier alpha value is -1.63. The topological polar surface area (TPSA) is 80.5 Å². The first-order valence-corrected chi connectivity index (χ1v) is 7.46. The maximum atomic E-state index is 12.1. The number of nitrogens with zero attached hydrogens (tertiary/aromatic N) is 3. The van der Waals surface area contributed by atoms with Gasteiger partial charge < -0.3 is 19.5 Å². The van der Waals surface area contributed by atoms with Crippen molar-refractivity contribution in [1.82, 2.24) is 20.4 Å². The molecule has 0 aliphatic carbocycles. The van der Waals surface area contributed by atoms with Crippen LogP contribution in [0.15, 0.2) is 4.52 Å². The number of nitrogens with one attached hydrogen (secondary N) is 1. The summed E-state index contributed by atoms with van der Waals surface area (Å²) >= 11 is 0. The summed E-state index contributed by atoms with van der Waals surface area (Å²) in [5.74, 6) is 1.50. The van der Waals surface area contributed by atoms with Crippen LogP contribution in [0.25, 0.3) is 0 Å². The zero-order valence-electron chi connectivity index (χ0n) is 13.1. The summed E-state index contributed by atoms with van der Waals surface area (Å²) in [6.07, 6.45) is 0.689.